The molecule has 3 rings (SSSR count). The molecule has 0 bridgehead atoms. The number of aromatic nitrogens is 3. The van der Waals surface area contributed by atoms with Crippen molar-refractivity contribution in [2.75, 3.05) is 14.1 Å². The van der Waals surface area contributed by atoms with Gasteiger partial charge in [0.1, 0.15) is 6.61 Å². The molecular formula is C24H31FN4O3S2. The summed E-state index contributed by atoms with van der Waals surface area (Å²) in [6, 6.07) is 13.2. The number of unbranched alkanes of at least 4 members (excludes halogenated alkanes) is 3. The molecule has 0 spiro atoms. The van der Waals surface area contributed by atoms with E-state index in [1.165, 1.54) is 36.2 Å². The maximum absolute atomic E-state index is 13.9. The average Bonchev–Trinajstić information content (AvgIpc) is 3.21. The standard InChI is InChI=1S/C24H31FN4O3S2/c1-4-5-6-9-15-29-23(17-32-22-14-8-7-13-21(22)25)26-27-24(29)33-18-19-11-10-12-20(16-19)34(30,31)28(2)3/h7-8,10-14,16H,4-6,9,15,17-18H2,1-3H3. The van der Waals surface area contributed by atoms with E-state index < -0.39 is 15.8 Å². The second-order valence-electron chi connectivity index (χ2n) is 8.05. The molecule has 10 heteroatoms. The average molecular weight is 507 g/mol. The van der Waals surface area contributed by atoms with E-state index in [0.717, 1.165) is 42.9 Å². The zero-order valence-corrected chi connectivity index (χ0v) is 21.4. The third kappa shape index (κ3) is 6.80. The predicted molar refractivity (Wildman–Crippen MR) is 132 cm³/mol. The Balaban J connectivity index is 1.74. The lowest BCUT2D eigenvalue weighted by Gasteiger charge is -2.13. The van der Waals surface area contributed by atoms with Crippen molar-refractivity contribution in [2.45, 2.75) is 61.6 Å². The molecule has 0 unspecified atom stereocenters. The Kier molecular flexibility index (Phi) is 9.49. The van der Waals surface area contributed by atoms with Gasteiger partial charge in [-0.25, -0.2) is 17.1 Å². The molecule has 1 heterocycles. The molecule has 0 aliphatic rings. The molecule has 0 saturated carbocycles. The Bertz CT molecular complexity index is 1180. The Morgan fingerprint density at radius 2 is 1.85 bits per heavy atom. The number of sulfonamides is 1. The van der Waals surface area contributed by atoms with E-state index in [-0.39, 0.29) is 17.3 Å². The van der Waals surface area contributed by atoms with Crippen LogP contribution in [0, 0.1) is 5.82 Å². The van der Waals surface area contributed by atoms with Crippen molar-refractivity contribution in [3.05, 3.63) is 65.7 Å². The minimum absolute atomic E-state index is 0.110. The molecule has 0 saturated heterocycles. The molecule has 0 radical (unpaired) electrons. The van der Waals surface area contributed by atoms with Gasteiger partial charge in [0.2, 0.25) is 10.0 Å². The number of hydrogen-bond donors (Lipinski definition) is 0. The van der Waals surface area contributed by atoms with Crippen LogP contribution in [0.4, 0.5) is 4.39 Å². The zero-order valence-electron chi connectivity index (χ0n) is 19.8. The van der Waals surface area contributed by atoms with Gasteiger partial charge < -0.3 is 9.30 Å². The monoisotopic (exact) mass is 506 g/mol. The number of halogens is 1. The second kappa shape index (κ2) is 12.3. The van der Waals surface area contributed by atoms with Gasteiger partial charge in [0.15, 0.2) is 22.5 Å². The van der Waals surface area contributed by atoms with Crippen LogP contribution >= 0.6 is 11.8 Å². The van der Waals surface area contributed by atoms with E-state index >= 15 is 0 Å². The summed E-state index contributed by atoms with van der Waals surface area (Å²) in [5.74, 6) is 0.930. The van der Waals surface area contributed by atoms with Crippen LogP contribution < -0.4 is 4.74 Å². The van der Waals surface area contributed by atoms with E-state index in [1.54, 1.807) is 36.4 Å². The lowest BCUT2D eigenvalue weighted by Crippen LogP contribution is -2.22. The van der Waals surface area contributed by atoms with E-state index in [4.69, 9.17) is 4.74 Å². The van der Waals surface area contributed by atoms with Gasteiger partial charge >= 0.3 is 0 Å². The molecular weight excluding hydrogens is 475 g/mol. The van der Waals surface area contributed by atoms with E-state index in [1.807, 2.05) is 10.6 Å². The highest BCUT2D eigenvalue weighted by Crippen LogP contribution is 2.25. The van der Waals surface area contributed by atoms with Gasteiger partial charge in [-0.1, -0.05) is 62.2 Å². The first-order valence-electron chi connectivity index (χ1n) is 11.3. The van der Waals surface area contributed by atoms with Crippen LogP contribution in [0.1, 0.15) is 44.0 Å². The third-order valence-electron chi connectivity index (χ3n) is 5.27. The van der Waals surface area contributed by atoms with Gasteiger partial charge in [-0.15, -0.1) is 10.2 Å². The molecule has 0 aliphatic heterocycles. The van der Waals surface area contributed by atoms with Crippen LogP contribution in [0.15, 0.2) is 58.6 Å². The fourth-order valence-electron chi connectivity index (χ4n) is 3.31. The normalized spacial score (nSPS) is 11.8. The van der Waals surface area contributed by atoms with Crippen LogP contribution in [0.5, 0.6) is 5.75 Å². The maximum atomic E-state index is 13.9. The lowest BCUT2D eigenvalue weighted by molar-refractivity contribution is 0.273. The van der Waals surface area contributed by atoms with Crippen LogP contribution in [-0.4, -0.2) is 41.6 Å². The molecule has 0 amide bonds. The highest BCUT2D eigenvalue weighted by Gasteiger charge is 2.18. The Morgan fingerprint density at radius 1 is 1.06 bits per heavy atom. The molecule has 0 fully saturated rings. The molecule has 7 nitrogen and oxygen atoms in total. The van der Waals surface area contributed by atoms with Crippen molar-refractivity contribution in [2.24, 2.45) is 0 Å². The maximum Gasteiger partial charge on any atom is 0.242 e. The van der Waals surface area contributed by atoms with Gasteiger partial charge in [0, 0.05) is 26.4 Å². The van der Waals surface area contributed by atoms with Crippen molar-refractivity contribution in [3.63, 3.8) is 0 Å². The third-order valence-corrected chi connectivity index (χ3v) is 8.12. The number of thioether (sulfide) groups is 1. The summed E-state index contributed by atoms with van der Waals surface area (Å²) in [6.07, 6.45) is 4.36. The number of rotatable bonds is 13. The Labute approximate surface area is 205 Å². The number of nitrogens with zero attached hydrogens (tertiary/aromatic N) is 4. The Hall–Kier alpha value is -2.43. The minimum atomic E-state index is -3.50. The largest absolute Gasteiger partial charge is 0.483 e. The van der Waals surface area contributed by atoms with Crippen molar-refractivity contribution in [1.29, 1.82) is 0 Å². The zero-order chi connectivity index (χ0) is 24.6. The quantitative estimate of drug-likeness (QED) is 0.237. The smallest absolute Gasteiger partial charge is 0.242 e. The SMILES string of the molecule is CCCCCCn1c(COc2ccccc2F)nnc1SCc1cccc(S(=O)(=O)N(C)C)c1. The fourth-order valence-corrected chi connectivity index (χ4v) is 5.21. The van der Waals surface area contributed by atoms with Gasteiger partial charge in [0.25, 0.3) is 0 Å². The molecule has 0 atom stereocenters. The van der Waals surface area contributed by atoms with Crippen molar-refractivity contribution >= 4 is 21.8 Å². The van der Waals surface area contributed by atoms with Crippen LogP contribution in [0.25, 0.3) is 0 Å². The van der Waals surface area contributed by atoms with Crippen molar-refractivity contribution in [3.8, 4) is 5.75 Å². The topological polar surface area (TPSA) is 77.3 Å². The number of para-hydroxylation sites is 1. The van der Waals surface area contributed by atoms with E-state index in [2.05, 4.69) is 17.1 Å². The van der Waals surface area contributed by atoms with Crippen LogP contribution in [0.2, 0.25) is 0 Å². The molecule has 184 valence electrons. The first kappa shape index (κ1) is 26.2. The first-order valence-corrected chi connectivity index (χ1v) is 13.7. The van der Waals surface area contributed by atoms with E-state index in [9.17, 15) is 12.8 Å². The van der Waals surface area contributed by atoms with Gasteiger partial charge in [-0.3, -0.25) is 0 Å². The molecule has 1 aromatic heterocycles. The van der Waals surface area contributed by atoms with E-state index in [0.29, 0.717) is 11.6 Å². The number of ether oxygens (including phenoxy) is 1. The summed E-state index contributed by atoms with van der Waals surface area (Å²) >= 11 is 1.49. The van der Waals surface area contributed by atoms with Gasteiger partial charge in [-0.2, -0.15) is 0 Å². The number of hydrogen-bond acceptors (Lipinski definition) is 6. The highest BCUT2D eigenvalue weighted by atomic mass is 32.2. The second-order valence-corrected chi connectivity index (χ2v) is 11.1. The van der Waals surface area contributed by atoms with Crippen LogP contribution in [-0.2, 0) is 28.9 Å². The summed E-state index contributed by atoms with van der Waals surface area (Å²) in [5, 5.41) is 9.36. The summed E-state index contributed by atoms with van der Waals surface area (Å²) in [6.45, 7) is 3.01. The molecule has 2 aromatic carbocycles. The minimum Gasteiger partial charge on any atom is -0.483 e. The highest BCUT2D eigenvalue weighted by molar-refractivity contribution is 7.98. The fraction of sp³-hybridized carbons (Fsp3) is 0.417. The van der Waals surface area contributed by atoms with Crippen LogP contribution in [0.3, 0.4) is 0 Å². The predicted octanol–water partition coefficient (Wildman–Crippen LogP) is 5.12. The lowest BCUT2D eigenvalue weighted by atomic mass is 10.2. The van der Waals surface area contributed by atoms with Crippen molar-refractivity contribution in [1.82, 2.24) is 19.1 Å². The summed E-state index contributed by atoms with van der Waals surface area (Å²) in [5.41, 5.74) is 0.873. The van der Waals surface area contributed by atoms with Gasteiger partial charge in [0.05, 0.1) is 4.90 Å². The molecule has 0 N–H and O–H groups in total. The molecule has 0 aliphatic carbocycles. The van der Waals surface area contributed by atoms with Crippen molar-refractivity contribution < 1.29 is 17.5 Å². The summed E-state index contributed by atoms with van der Waals surface area (Å²) in [4.78, 5) is 0.260. The van der Waals surface area contributed by atoms with Gasteiger partial charge in [-0.05, 0) is 36.2 Å². The number of benzene rings is 2. The summed E-state index contributed by atoms with van der Waals surface area (Å²) in [7, 11) is -0.464. The Morgan fingerprint density at radius 3 is 2.59 bits per heavy atom. The molecule has 34 heavy (non-hydrogen) atoms. The first-order chi connectivity index (χ1) is 16.3. The summed E-state index contributed by atoms with van der Waals surface area (Å²) < 4.78 is 47.7. The molecule has 3 aromatic rings.